The van der Waals surface area contributed by atoms with Gasteiger partial charge in [-0.15, -0.1) is 0 Å². The molecule has 17 heavy (non-hydrogen) atoms. The third-order valence-corrected chi connectivity index (χ3v) is 3.38. The molecule has 96 valence electrons. The lowest BCUT2D eigenvalue weighted by Gasteiger charge is -2.22. The summed E-state index contributed by atoms with van der Waals surface area (Å²) in [4.78, 5) is 0. The van der Waals surface area contributed by atoms with Crippen LogP contribution in [0.2, 0.25) is 0 Å². The van der Waals surface area contributed by atoms with Crippen molar-refractivity contribution >= 4 is 0 Å². The fourth-order valence-electron chi connectivity index (χ4n) is 2.15. The molecule has 0 aliphatic carbocycles. The van der Waals surface area contributed by atoms with Crippen LogP contribution in [0.1, 0.15) is 50.7 Å². The molecule has 0 spiro atoms. The first-order valence-electron chi connectivity index (χ1n) is 6.39. The summed E-state index contributed by atoms with van der Waals surface area (Å²) in [6, 6.07) is 6.50. The van der Waals surface area contributed by atoms with Crippen LogP contribution in [0.5, 0.6) is 5.75 Å². The SMILES string of the molecule is COc1cc(C(C)C)ccc1C(CN)C(C)C. The summed E-state index contributed by atoms with van der Waals surface area (Å²) in [5.41, 5.74) is 8.41. The Morgan fingerprint density at radius 2 is 1.82 bits per heavy atom. The van der Waals surface area contributed by atoms with Crippen LogP contribution in [-0.2, 0) is 0 Å². The summed E-state index contributed by atoms with van der Waals surface area (Å²) in [5, 5.41) is 0. The molecule has 0 amide bonds. The first kappa shape index (κ1) is 14.0. The highest BCUT2D eigenvalue weighted by Gasteiger charge is 2.18. The van der Waals surface area contributed by atoms with Crippen molar-refractivity contribution < 1.29 is 4.74 Å². The van der Waals surface area contributed by atoms with Crippen LogP contribution in [0.15, 0.2) is 18.2 Å². The average molecular weight is 235 g/mol. The maximum atomic E-state index is 5.87. The van der Waals surface area contributed by atoms with Crippen molar-refractivity contribution in [1.29, 1.82) is 0 Å². The Hall–Kier alpha value is -1.02. The summed E-state index contributed by atoms with van der Waals surface area (Å²) in [6.07, 6.45) is 0. The highest BCUT2D eigenvalue weighted by molar-refractivity contribution is 5.41. The van der Waals surface area contributed by atoms with Gasteiger partial charge in [0.15, 0.2) is 0 Å². The zero-order valence-electron chi connectivity index (χ0n) is 11.7. The quantitative estimate of drug-likeness (QED) is 0.847. The van der Waals surface area contributed by atoms with Crippen LogP contribution in [-0.4, -0.2) is 13.7 Å². The predicted molar refractivity (Wildman–Crippen MR) is 73.7 cm³/mol. The molecular formula is C15H25NO. The van der Waals surface area contributed by atoms with Gasteiger partial charge in [0, 0.05) is 5.92 Å². The van der Waals surface area contributed by atoms with Gasteiger partial charge < -0.3 is 10.5 Å². The van der Waals surface area contributed by atoms with E-state index in [0.717, 1.165) is 5.75 Å². The van der Waals surface area contributed by atoms with E-state index in [0.29, 0.717) is 24.3 Å². The second-order valence-corrected chi connectivity index (χ2v) is 5.24. The first-order chi connectivity index (χ1) is 8.01. The van der Waals surface area contributed by atoms with E-state index in [1.165, 1.54) is 11.1 Å². The zero-order chi connectivity index (χ0) is 13.0. The zero-order valence-corrected chi connectivity index (χ0v) is 11.7. The lowest BCUT2D eigenvalue weighted by molar-refractivity contribution is 0.395. The Labute approximate surface area is 105 Å². The predicted octanol–water partition coefficient (Wildman–Crippen LogP) is 3.52. The molecule has 0 aliphatic heterocycles. The maximum Gasteiger partial charge on any atom is 0.122 e. The summed E-state index contributed by atoms with van der Waals surface area (Å²) >= 11 is 0. The van der Waals surface area contributed by atoms with Crippen molar-refractivity contribution in [3.63, 3.8) is 0 Å². The second kappa shape index (κ2) is 6.06. The third-order valence-electron chi connectivity index (χ3n) is 3.38. The monoisotopic (exact) mass is 235 g/mol. The van der Waals surface area contributed by atoms with Crippen molar-refractivity contribution in [3.05, 3.63) is 29.3 Å². The first-order valence-corrected chi connectivity index (χ1v) is 6.39. The van der Waals surface area contributed by atoms with Gasteiger partial charge in [0.25, 0.3) is 0 Å². The van der Waals surface area contributed by atoms with Gasteiger partial charge in [-0.1, -0.05) is 39.8 Å². The van der Waals surface area contributed by atoms with Crippen molar-refractivity contribution in [2.45, 2.75) is 39.5 Å². The fourth-order valence-corrected chi connectivity index (χ4v) is 2.15. The number of benzene rings is 1. The molecule has 2 nitrogen and oxygen atoms in total. The fraction of sp³-hybridized carbons (Fsp3) is 0.600. The Morgan fingerprint density at radius 3 is 2.24 bits per heavy atom. The van der Waals surface area contributed by atoms with Gasteiger partial charge in [-0.3, -0.25) is 0 Å². The summed E-state index contributed by atoms with van der Waals surface area (Å²) in [5.74, 6) is 2.39. The molecule has 2 heteroatoms. The van der Waals surface area contributed by atoms with Crippen LogP contribution >= 0.6 is 0 Å². The van der Waals surface area contributed by atoms with Crippen LogP contribution in [0.4, 0.5) is 0 Å². The topological polar surface area (TPSA) is 35.2 Å². The van der Waals surface area contributed by atoms with Gasteiger partial charge in [0.1, 0.15) is 5.75 Å². The van der Waals surface area contributed by atoms with E-state index in [1.54, 1.807) is 7.11 Å². The molecule has 0 saturated carbocycles. The molecule has 1 unspecified atom stereocenters. The minimum absolute atomic E-state index is 0.367. The molecule has 1 rings (SSSR count). The van der Waals surface area contributed by atoms with E-state index in [2.05, 4.69) is 45.9 Å². The van der Waals surface area contributed by atoms with Crippen molar-refractivity contribution in [1.82, 2.24) is 0 Å². The number of hydrogen-bond acceptors (Lipinski definition) is 2. The van der Waals surface area contributed by atoms with Crippen LogP contribution in [0.3, 0.4) is 0 Å². The van der Waals surface area contributed by atoms with E-state index in [-0.39, 0.29) is 0 Å². The van der Waals surface area contributed by atoms with Gasteiger partial charge >= 0.3 is 0 Å². The van der Waals surface area contributed by atoms with Gasteiger partial charge in [0.2, 0.25) is 0 Å². The molecule has 0 aromatic heterocycles. The second-order valence-electron chi connectivity index (χ2n) is 5.24. The van der Waals surface area contributed by atoms with E-state index in [1.807, 2.05) is 0 Å². The van der Waals surface area contributed by atoms with Crippen LogP contribution in [0.25, 0.3) is 0 Å². The van der Waals surface area contributed by atoms with E-state index in [9.17, 15) is 0 Å². The minimum atomic E-state index is 0.367. The summed E-state index contributed by atoms with van der Waals surface area (Å²) < 4.78 is 5.51. The van der Waals surface area contributed by atoms with Gasteiger partial charge in [-0.2, -0.15) is 0 Å². The Balaban J connectivity index is 3.15. The average Bonchev–Trinajstić information content (AvgIpc) is 2.29. The van der Waals surface area contributed by atoms with Gasteiger partial charge in [-0.05, 0) is 35.6 Å². The molecule has 0 radical (unpaired) electrons. The molecule has 2 N–H and O–H groups in total. The smallest absolute Gasteiger partial charge is 0.122 e. The van der Waals surface area contributed by atoms with E-state index >= 15 is 0 Å². The highest BCUT2D eigenvalue weighted by atomic mass is 16.5. The number of ether oxygens (including phenoxy) is 1. The van der Waals surface area contributed by atoms with Crippen LogP contribution in [0, 0.1) is 5.92 Å². The summed E-state index contributed by atoms with van der Waals surface area (Å²) in [6.45, 7) is 9.45. The molecule has 0 bridgehead atoms. The summed E-state index contributed by atoms with van der Waals surface area (Å²) in [7, 11) is 1.73. The maximum absolute atomic E-state index is 5.87. The van der Waals surface area contributed by atoms with Crippen molar-refractivity contribution in [2.24, 2.45) is 11.7 Å². The van der Waals surface area contributed by atoms with Gasteiger partial charge in [0.05, 0.1) is 7.11 Å². The molecule has 1 aromatic carbocycles. The molecule has 0 aliphatic rings. The Bertz CT molecular complexity index is 358. The molecule has 0 heterocycles. The molecule has 1 atom stereocenters. The van der Waals surface area contributed by atoms with Crippen LogP contribution < -0.4 is 10.5 Å². The lowest BCUT2D eigenvalue weighted by atomic mass is 9.86. The highest BCUT2D eigenvalue weighted by Crippen LogP contribution is 2.33. The number of methoxy groups -OCH3 is 1. The molecule has 0 fully saturated rings. The van der Waals surface area contributed by atoms with Crippen molar-refractivity contribution in [3.8, 4) is 5.75 Å². The standard InChI is InChI=1S/C15H25NO/c1-10(2)12-6-7-13(15(8-12)17-5)14(9-16)11(3)4/h6-8,10-11,14H,9,16H2,1-5H3. The number of rotatable bonds is 5. The lowest BCUT2D eigenvalue weighted by Crippen LogP contribution is -2.18. The van der Waals surface area contributed by atoms with Gasteiger partial charge in [-0.25, -0.2) is 0 Å². The van der Waals surface area contributed by atoms with E-state index < -0.39 is 0 Å². The van der Waals surface area contributed by atoms with E-state index in [4.69, 9.17) is 10.5 Å². The molecule has 0 saturated heterocycles. The molecule has 1 aromatic rings. The van der Waals surface area contributed by atoms with Crippen molar-refractivity contribution in [2.75, 3.05) is 13.7 Å². The number of hydrogen-bond donors (Lipinski definition) is 1. The molecular weight excluding hydrogens is 210 g/mol. The Morgan fingerprint density at radius 1 is 1.18 bits per heavy atom. The minimum Gasteiger partial charge on any atom is -0.496 e. The Kier molecular flexibility index (Phi) is 5.01. The largest absolute Gasteiger partial charge is 0.496 e. The number of nitrogens with two attached hydrogens (primary N) is 1. The third kappa shape index (κ3) is 3.22. The normalized spacial score (nSPS) is 13.2.